The number of nitriles is 1. The fourth-order valence-corrected chi connectivity index (χ4v) is 5.35. The number of nitrogens with zero attached hydrogens (tertiary/aromatic N) is 4. The predicted molar refractivity (Wildman–Crippen MR) is 163 cm³/mol. The van der Waals surface area contributed by atoms with E-state index in [0.29, 0.717) is 61.2 Å². The van der Waals surface area contributed by atoms with Gasteiger partial charge in [-0.05, 0) is 30.5 Å². The van der Waals surface area contributed by atoms with Gasteiger partial charge in [-0.25, -0.2) is 4.98 Å². The van der Waals surface area contributed by atoms with Crippen molar-refractivity contribution in [1.82, 2.24) is 9.97 Å². The molecule has 2 aromatic heterocycles. The second kappa shape index (κ2) is 12.8. The molecule has 10 heteroatoms. The van der Waals surface area contributed by atoms with Crippen LogP contribution in [0.4, 0.5) is 17.1 Å². The maximum atomic E-state index is 11.4. The molecule has 1 unspecified atom stereocenters. The molecule has 4 heterocycles. The van der Waals surface area contributed by atoms with Crippen LogP contribution >= 0.6 is 0 Å². The Kier molecular flexibility index (Phi) is 8.33. The summed E-state index contributed by atoms with van der Waals surface area (Å²) in [5.41, 5.74) is 10.8. The van der Waals surface area contributed by atoms with Crippen LogP contribution in [0.3, 0.4) is 0 Å². The topological polar surface area (TPSA) is 136 Å². The molecule has 0 spiro atoms. The van der Waals surface area contributed by atoms with Crippen LogP contribution < -0.4 is 25.4 Å². The predicted octanol–water partition coefficient (Wildman–Crippen LogP) is 5.00. The average molecular weight is 577 g/mol. The molecule has 218 valence electrons. The molecular formula is C33H32N6O4. The SMILES string of the molecule is N#Cc1cnc2cc(OC3CCOC3)c(N3CCC(=CC(N)=O)CC3)cc2c1Nc1ccc(OCc2ccccc2)nc1. The molecule has 0 aliphatic carbocycles. The van der Waals surface area contributed by atoms with Crippen LogP contribution in [-0.4, -0.2) is 48.3 Å². The number of pyridine rings is 2. The molecule has 0 saturated carbocycles. The minimum atomic E-state index is -0.421. The van der Waals surface area contributed by atoms with Crippen molar-refractivity contribution in [1.29, 1.82) is 5.26 Å². The van der Waals surface area contributed by atoms with Crippen LogP contribution in [0.5, 0.6) is 11.6 Å². The molecular weight excluding hydrogens is 544 g/mol. The van der Waals surface area contributed by atoms with E-state index in [1.165, 1.54) is 6.08 Å². The first-order chi connectivity index (χ1) is 21.1. The van der Waals surface area contributed by atoms with E-state index >= 15 is 0 Å². The number of carbonyl (C=O) groups excluding carboxylic acids is 1. The lowest BCUT2D eigenvalue weighted by atomic mass is 10.0. The molecule has 10 nitrogen and oxygen atoms in total. The highest BCUT2D eigenvalue weighted by atomic mass is 16.5. The van der Waals surface area contributed by atoms with E-state index in [-0.39, 0.29) is 6.10 Å². The molecule has 2 saturated heterocycles. The number of aromatic nitrogens is 2. The number of rotatable bonds is 9. The fraction of sp³-hybridized carbons (Fsp3) is 0.273. The smallest absolute Gasteiger partial charge is 0.241 e. The summed E-state index contributed by atoms with van der Waals surface area (Å²) in [5.74, 6) is 0.801. The number of piperidine rings is 1. The van der Waals surface area contributed by atoms with Gasteiger partial charge in [0.1, 0.15) is 24.5 Å². The first-order valence-electron chi connectivity index (χ1n) is 14.3. The fourth-order valence-electron chi connectivity index (χ4n) is 5.35. The first-order valence-corrected chi connectivity index (χ1v) is 14.3. The normalized spacial score (nSPS) is 16.5. The average Bonchev–Trinajstić information content (AvgIpc) is 3.54. The van der Waals surface area contributed by atoms with Gasteiger partial charge in [0.25, 0.3) is 0 Å². The molecule has 0 radical (unpaired) electrons. The molecule has 2 aliphatic heterocycles. The van der Waals surface area contributed by atoms with Crippen molar-refractivity contribution in [3.8, 4) is 17.7 Å². The summed E-state index contributed by atoms with van der Waals surface area (Å²) in [7, 11) is 0. The van der Waals surface area contributed by atoms with Gasteiger partial charge < -0.3 is 30.2 Å². The Bertz CT molecular complexity index is 1670. The third kappa shape index (κ3) is 6.68. The number of primary amides is 1. The standard InChI is InChI=1S/C33H32N6O4/c34-17-24-18-36-28-16-30(43-26-10-13-41-21-26)29(39-11-8-22(9-12-39)14-31(35)40)15-27(28)33(24)38-25-6-7-32(37-19-25)42-20-23-4-2-1-3-5-23/h1-7,14-16,18-19,26H,8-13,20-21H2,(H2,35,40)(H,36,38). The molecule has 1 atom stereocenters. The van der Waals surface area contributed by atoms with Crippen molar-refractivity contribution in [2.75, 3.05) is 36.5 Å². The highest BCUT2D eigenvalue weighted by Gasteiger charge is 2.24. The zero-order valence-electron chi connectivity index (χ0n) is 23.7. The van der Waals surface area contributed by atoms with Crippen LogP contribution in [0.1, 0.15) is 30.4 Å². The molecule has 0 bridgehead atoms. The summed E-state index contributed by atoms with van der Waals surface area (Å²) >= 11 is 0. The number of hydrogen-bond acceptors (Lipinski definition) is 9. The van der Waals surface area contributed by atoms with E-state index in [1.54, 1.807) is 18.5 Å². The largest absolute Gasteiger partial charge is 0.486 e. The Morgan fingerprint density at radius 3 is 2.67 bits per heavy atom. The van der Waals surface area contributed by atoms with Crippen molar-refractivity contribution < 1.29 is 19.0 Å². The number of amides is 1. The molecule has 4 aromatic rings. The zero-order valence-corrected chi connectivity index (χ0v) is 23.7. The van der Waals surface area contributed by atoms with Crippen LogP contribution in [0.2, 0.25) is 0 Å². The third-order valence-electron chi connectivity index (χ3n) is 7.58. The van der Waals surface area contributed by atoms with E-state index in [9.17, 15) is 10.1 Å². The van der Waals surface area contributed by atoms with E-state index in [4.69, 9.17) is 19.9 Å². The Morgan fingerprint density at radius 1 is 1.14 bits per heavy atom. The first kappa shape index (κ1) is 28.0. The molecule has 1 amide bonds. The minimum Gasteiger partial charge on any atom is -0.486 e. The number of fused-ring (bicyclic) bond motifs is 1. The molecule has 2 aromatic carbocycles. The van der Waals surface area contributed by atoms with Gasteiger partial charge in [-0.1, -0.05) is 35.9 Å². The number of benzene rings is 2. The second-order valence-electron chi connectivity index (χ2n) is 10.6. The van der Waals surface area contributed by atoms with Crippen molar-refractivity contribution in [3.63, 3.8) is 0 Å². The lowest BCUT2D eigenvalue weighted by Gasteiger charge is -2.32. The highest BCUT2D eigenvalue weighted by molar-refractivity contribution is 5.99. The van der Waals surface area contributed by atoms with Gasteiger partial charge in [0.15, 0.2) is 0 Å². The van der Waals surface area contributed by atoms with Gasteiger partial charge in [-0.15, -0.1) is 0 Å². The Balaban J connectivity index is 1.30. The molecule has 2 aliphatic rings. The summed E-state index contributed by atoms with van der Waals surface area (Å²) in [4.78, 5) is 22.7. The Labute approximate surface area is 249 Å². The van der Waals surface area contributed by atoms with Gasteiger partial charge >= 0.3 is 0 Å². The maximum absolute atomic E-state index is 11.4. The molecule has 43 heavy (non-hydrogen) atoms. The number of anilines is 3. The monoisotopic (exact) mass is 576 g/mol. The molecule has 2 fully saturated rings. The van der Waals surface area contributed by atoms with Crippen molar-refractivity contribution >= 4 is 33.9 Å². The minimum absolute atomic E-state index is 0.0454. The van der Waals surface area contributed by atoms with Crippen LogP contribution in [0.25, 0.3) is 10.9 Å². The highest BCUT2D eigenvalue weighted by Crippen LogP contribution is 2.40. The number of ether oxygens (including phenoxy) is 3. The number of nitrogens with two attached hydrogens (primary N) is 1. The van der Waals surface area contributed by atoms with Crippen molar-refractivity contribution in [2.24, 2.45) is 5.73 Å². The summed E-state index contributed by atoms with van der Waals surface area (Å²) in [6.45, 7) is 3.02. The van der Waals surface area contributed by atoms with Gasteiger partial charge in [0.2, 0.25) is 11.8 Å². The van der Waals surface area contributed by atoms with E-state index in [0.717, 1.165) is 47.2 Å². The van der Waals surface area contributed by atoms with Crippen LogP contribution in [0, 0.1) is 11.3 Å². The number of nitrogens with one attached hydrogen (secondary N) is 1. The van der Waals surface area contributed by atoms with Gasteiger partial charge in [-0.3, -0.25) is 9.78 Å². The Hall–Kier alpha value is -5.14. The van der Waals surface area contributed by atoms with Gasteiger partial charge in [0, 0.05) is 49.3 Å². The summed E-state index contributed by atoms with van der Waals surface area (Å²) in [6.07, 6.45) is 6.99. The maximum Gasteiger partial charge on any atom is 0.241 e. The Morgan fingerprint density at radius 2 is 1.98 bits per heavy atom. The third-order valence-corrected chi connectivity index (χ3v) is 7.58. The second-order valence-corrected chi connectivity index (χ2v) is 10.6. The van der Waals surface area contributed by atoms with E-state index in [1.807, 2.05) is 48.5 Å². The van der Waals surface area contributed by atoms with Crippen LogP contribution in [-0.2, 0) is 16.1 Å². The van der Waals surface area contributed by atoms with Crippen molar-refractivity contribution in [2.45, 2.75) is 32.0 Å². The quantitative estimate of drug-likeness (QED) is 0.264. The van der Waals surface area contributed by atoms with Gasteiger partial charge in [0.05, 0.1) is 47.6 Å². The van der Waals surface area contributed by atoms with E-state index < -0.39 is 5.91 Å². The number of hydrogen-bond donors (Lipinski definition) is 2. The molecule has 6 rings (SSSR count). The van der Waals surface area contributed by atoms with E-state index in [2.05, 4.69) is 26.3 Å². The number of carbonyl (C=O) groups is 1. The van der Waals surface area contributed by atoms with Crippen LogP contribution in [0.15, 0.2) is 78.6 Å². The summed E-state index contributed by atoms with van der Waals surface area (Å²) in [5, 5.41) is 14.2. The zero-order chi connectivity index (χ0) is 29.6. The lowest BCUT2D eigenvalue weighted by Crippen LogP contribution is -2.32. The van der Waals surface area contributed by atoms with Gasteiger partial charge in [-0.2, -0.15) is 5.26 Å². The molecule has 3 N–H and O–H groups in total. The summed E-state index contributed by atoms with van der Waals surface area (Å²) < 4.78 is 17.8. The summed E-state index contributed by atoms with van der Waals surface area (Å²) in [6, 6.07) is 19.8. The lowest BCUT2D eigenvalue weighted by molar-refractivity contribution is -0.113. The van der Waals surface area contributed by atoms with Crippen molar-refractivity contribution in [3.05, 3.63) is 89.8 Å².